The molecule has 7 heavy (non-hydrogen) atoms. The summed E-state index contributed by atoms with van der Waals surface area (Å²) < 4.78 is 1.45. The summed E-state index contributed by atoms with van der Waals surface area (Å²) in [5.41, 5.74) is 0. The zero-order chi connectivity index (χ0) is 5.11. The van der Waals surface area contributed by atoms with E-state index in [1.54, 1.807) is 0 Å². The van der Waals surface area contributed by atoms with E-state index < -0.39 is 0 Å². The van der Waals surface area contributed by atoms with E-state index in [1.165, 1.54) is 22.5 Å². The summed E-state index contributed by atoms with van der Waals surface area (Å²) in [4.78, 5) is 0. The van der Waals surface area contributed by atoms with Crippen molar-refractivity contribution in [3.63, 3.8) is 0 Å². The molecular formula is C6H6Zn. The molecule has 0 aliphatic carbocycles. The Morgan fingerprint density at radius 1 is 1.14 bits per heavy atom. The van der Waals surface area contributed by atoms with Gasteiger partial charge in [-0.25, -0.2) is 0 Å². The number of hydrogen-bond acceptors (Lipinski definition) is 0. The second-order valence-electron chi connectivity index (χ2n) is 1.49. The summed E-state index contributed by atoms with van der Waals surface area (Å²) in [6.07, 6.45) is 0. The Labute approximate surface area is 54.7 Å². The van der Waals surface area contributed by atoms with Crippen LogP contribution < -0.4 is 4.16 Å². The molecule has 0 aromatic heterocycles. The maximum absolute atomic E-state index is 2.14. The van der Waals surface area contributed by atoms with Crippen molar-refractivity contribution in [1.82, 2.24) is 0 Å². The summed E-state index contributed by atoms with van der Waals surface area (Å²) in [6, 6.07) is 10.5. The van der Waals surface area contributed by atoms with E-state index in [9.17, 15) is 0 Å². The fourth-order valence-electron chi connectivity index (χ4n) is 0.478. The molecule has 0 radical (unpaired) electrons. The molecule has 0 atom stereocenters. The van der Waals surface area contributed by atoms with Gasteiger partial charge < -0.3 is 1.43 Å². The van der Waals surface area contributed by atoms with Crippen LogP contribution in [0.15, 0.2) is 30.3 Å². The molecule has 32 valence electrons. The van der Waals surface area contributed by atoms with Crippen LogP contribution in [0, 0.1) is 0 Å². The van der Waals surface area contributed by atoms with Gasteiger partial charge in [-0.05, 0) is 0 Å². The quantitative estimate of drug-likeness (QED) is 0.475. The summed E-state index contributed by atoms with van der Waals surface area (Å²) in [7, 11) is 0. The van der Waals surface area contributed by atoms with E-state index in [2.05, 4.69) is 24.3 Å². The van der Waals surface area contributed by atoms with Crippen LogP contribution in [-0.4, -0.2) is 0 Å². The van der Waals surface area contributed by atoms with E-state index in [0.717, 1.165) is 0 Å². The Morgan fingerprint density at radius 2 is 1.71 bits per heavy atom. The van der Waals surface area contributed by atoms with Gasteiger partial charge in [0.25, 0.3) is 0 Å². The Kier molecular flexibility index (Phi) is 1.59. The van der Waals surface area contributed by atoms with Crippen LogP contribution in [0.5, 0.6) is 0 Å². The van der Waals surface area contributed by atoms with Gasteiger partial charge in [0.05, 0.1) is 0 Å². The van der Waals surface area contributed by atoms with Crippen molar-refractivity contribution in [2.24, 2.45) is 0 Å². The van der Waals surface area contributed by atoms with Crippen LogP contribution in [0.4, 0.5) is 0 Å². The van der Waals surface area contributed by atoms with Crippen molar-refractivity contribution in [2.45, 2.75) is 0 Å². The first-order valence-electron chi connectivity index (χ1n) is 2.26. The van der Waals surface area contributed by atoms with Gasteiger partial charge in [-0.3, -0.25) is 0 Å². The van der Waals surface area contributed by atoms with Crippen molar-refractivity contribution in [3.05, 3.63) is 30.3 Å². The topological polar surface area (TPSA) is 0 Å². The van der Waals surface area contributed by atoms with Crippen molar-refractivity contribution in [1.29, 1.82) is 0 Å². The van der Waals surface area contributed by atoms with Crippen LogP contribution in [0.25, 0.3) is 0 Å². The molecule has 0 fully saturated rings. The van der Waals surface area contributed by atoms with Gasteiger partial charge in [0.1, 0.15) is 0 Å². The molecular weight excluding hydrogens is 137 g/mol. The maximum atomic E-state index is 2.14. The van der Waals surface area contributed by atoms with Crippen LogP contribution in [0.2, 0.25) is 0 Å². The molecule has 1 rings (SSSR count). The zero-order valence-electron chi connectivity index (χ0n) is 5.09. The SMILES string of the molecule is [H-].[Zn+][c]1ccccc1. The predicted molar refractivity (Wildman–Crippen MR) is 27.2 cm³/mol. The molecule has 0 unspecified atom stereocenters. The van der Waals surface area contributed by atoms with Gasteiger partial charge in [-0.1, -0.05) is 0 Å². The Bertz CT molecular complexity index is 138. The number of hydrogen-bond donors (Lipinski definition) is 0. The Hall–Kier alpha value is -0.157. The molecule has 0 bridgehead atoms. The second kappa shape index (κ2) is 2.23. The summed E-state index contributed by atoms with van der Waals surface area (Å²) in [5, 5.41) is 0. The van der Waals surface area contributed by atoms with Crippen LogP contribution in [0.1, 0.15) is 1.43 Å². The van der Waals surface area contributed by atoms with Crippen LogP contribution >= 0.6 is 0 Å². The molecule has 1 aromatic carbocycles. The third kappa shape index (κ3) is 1.40. The molecule has 0 saturated carbocycles. The molecule has 1 aromatic rings. The first-order chi connectivity index (χ1) is 3.39. The molecule has 0 aliphatic heterocycles. The fraction of sp³-hybridized carbons (Fsp3) is 0. The van der Waals surface area contributed by atoms with E-state index >= 15 is 0 Å². The summed E-state index contributed by atoms with van der Waals surface area (Å²) in [6.45, 7) is 0. The van der Waals surface area contributed by atoms with E-state index in [1.807, 2.05) is 6.07 Å². The third-order valence-electron chi connectivity index (χ3n) is 0.843. The third-order valence-corrected chi connectivity index (χ3v) is 1.83. The average molecular weight is 144 g/mol. The second-order valence-corrected chi connectivity index (χ2v) is 3.20. The number of benzene rings is 1. The monoisotopic (exact) mass is 142 g/mol. The first kappa shape index (κ1) is 4.99. The van der Waals surface area contributed by atoms with Crippen LogP contribution in [-0.2, 0) is 18.3 Å². The van der Waals surface area contributed by atoms with E-state index in [4.69, 9.17) is 0 Å². The molecule has 0 heterocycles. The molecule has 1 heteroatoms. The summed E-state index contributed by atoms with van der Waals surface area (Å²) >= 11 is 1.26. The van der Waals surface area contributed by atoms with E-state index in [0.29, 0.717) is 0 Å². The minimum absolute atomic E-state index is 0. The predicted octanol–water partition coefficient (Wildman–Crippen LogP) is 0.971. The zero-order valence-corrected chi connectivity index (χ0v) is 7.06. The van der Waals surface area contributed by atoms with Crippen molar-refractivity contribution in [2.75, 3.05) is 0 Å². The average Bonchev–Trinajstić information content (AvgIpc) is 1.69. The summed E-state index contributed by atoms with van der Waals surface area (Å²) in [5.74, 6) is 0. The van der Waals surface area contributed by atoms with Gasteiger partial charge >= 0.3 is 52.8 Å². The molecule has 0 amide bonds. The molecule has 0 spiro atoms. The van der Waals surface area contributed by atoms with Gasteiger partial charge in [0, 0.05) is 0 Å². The normalized spacial score (nSPS) is 8.86. The number of rotatable bonds is 0. The molecule has 0 aliphatic rings. The minimum atomic E-state index is 0. The molecule has 0 nitrogen and oxygen atoms in total. The molecule has 0 saturated heterocycles. The fourth-order valence-corrected chi connectivity index (χ4v) is 1.05. The first-order valence-corrected chi connectivity index (χ1v) is 3.75. The molecule has 0 N–H and O–H groups in total. The Morgan fingerprint density at radius 3 is 2.00 bits per heavy atom. The van der Waals surface area contributed by atoms with Gasteiger partial charge in [0.15, 0.2) is 0 Å². The standard InChI is InChI=1S/C6H5.Zn.H/c1-2-4-6-5-3-1;;/h1-5H;;/q;+1;-1. The van der Waals surface area contributed by atoms with E-state index in [-0.39, 0.29) is 1.43 Å². The van der Waals surface area contributed by atoms with Crippen molar-refractivity contribution < 1.29 is 19.7 Å². The van der Waals surface area contributed by atoms with Crippen LogP contribution in [0.3, 0.4) is 0 Å². The van der Waals surface area contributed by atoms with Gasteiger partial charge in [-0.15, -0.1) is 0 Å². The Balaban J connectivity index is 0.000000490. The van der Waals surface area contributed by atoms with Gasteiger partial charge in [0.2, 0.25) is 0 Å². The van der Waals surface area contributed by atoms with Crippen molar-refractivity contribution >= 4 is 4.16 Å². The van der Waals surface area contributed by atoms with Crippen molar-refractivity contribution in [3.8, 4) is 0 Å². The van der Waals surface area contributed by atoms with Gasteiger partial charge in [-0.2, -0.15) is 0 Å².